The van der Waals surface area contributed by atoms with Gasteiger partial charge in [0.25, 0.3) is 0 Å². The molecule has 1 aromatic carbocycles. The third-order valence-corrected chi connectivity index (χ3v) is 4.97. The molecule has 1 N–H and O–H groups in total. The highest BCUT2D eigenvalue weighted by molar-refractivity contribution is 9.10. The van der Waals surface area contributed by atoms with Crippen LogP contribution >= 0.6 is 28.3 Å². The Morgan fingerprint density at radius 2 is 2.26 bits per heavy atom. The molecule has 2 unspecified atom stereocenters. The number of amides is 1. The molecule has 1 aliphatic heterocycles. The van der Waals surface area contributed by atoms with E-state index in [2.05, 4.69) is 28.2 Å². The number of halogens is 3. The number of hydrogen-bond acceptors (Lipinski definition) is 2. The molecule has 0 radical (unpaired) electrons. The summed E-state index contributed by atoms with van der Waals surface area (Å²) < 4.78 is 14.6. The van der Waals surface area contributed by atoms with Crippen LogP contribution in [0, 0.1) is 17.7 Å². The van der Waals surface area contributed by atoms with Crippen LogP contribution in [0.1, 0.15) is 31.7 Å². The van der Waals surface area contributed by atoms with Gasteiger partial charge in [0.2, 0.25) is 5.91 Å². The lowest BCUT2D eigenvalue weighted by atomic mass is 9.85. The van der Waals surface area contributed by atoms with Crippen molar-refractivity contribution in [2.45, 2.75) is 32.7 Å². The molecule has 3 nitrogen and oxygen atoms in total. The second-order valence-electron chi connectivity index (χ2n) is 6.27. The maximum absolute atomic E-state index is 13.8. The average molecular weight is 408 g/mol. The van der Waals surface area contributed by atoms with Gasteiger partial charge in [0.05, 0.1) is 0 Å². The van der Waals surface area contributed by atoms with E-state index in [1.165, 1.54) is 18.9 Å². The van der Waals surface area contributed by atoms with Crippen LogP contribution in [0.25, 0.3) is 0 Å². The molecule has 1 aromatic rings. The van der Waals surface area contributed by atoms with Crippen LogP contribution in [0.4, 0.5) is 4.39 Å². The van der Waals surface area contributed by atoms with Crippen LogP contribution in [0.2, 0.25) is 0 Å². The first kappa shape index (κ1) is 20.4. The molecule has 0 saturated carbocycles. The number of nitrogens with zero attached hydrogens (tertiary/aromatic N) is 1. The number of piperidine rings is 1. The first-order valence-electron chi connectivity index (χ1n) is 7.86. The van der Waals surface area contributed by atoms with Gasteiger partial charge in [0.15, 0.2) is 0 Å². The smallest absolute Gasteiger partial charge is 0.222 e. The Balaban J connectivity index is 0.00000264. The summed E-state index contributed by atoms with van der Waals surface area (Å²) in [5, 5.41) is 3.39. The summed E-state index contributed by atoms with van der Waals surface area (Å²) >= 11 is 3.34. The molecule has 2 atom stereocenters. The number of hydrogen-bond donors (Lipinski definition) is 1. The Bertz CT molecular complexity index is 523. The van der Waals surface area contributed by atoms with Gasteiger partial charge in [0, 0.05) is 30.0 Å². The quantitative estimate of drug-likeness (QED) is 0.800. The second kappa shape index (κ2) is 9.60. The zero-order valence-electron chi connectivity index (χ0n) is 13.6. The fraction of sp³-hybridized carbons (Fsp3) is 0.588. The maximum Gasteiger partial charge on any atom is 0.222 e. The summed E-state index contributed by atoms with van der Waals surface area (Å²) in [5.74, 6) is 0.730. The molecule has 1 fully saturated rings. The van der Waals surface area contributed by atoms with Crippen molar-refractivity contribution >= 4 is 34.2 Å². The minimum absolute atomic E-state index is 0. The van der Waals surface area contributed by atoms with Crippen molar-refractivity contribution in [3.63, 3.8) is 0 Å². The number of rotatable bonds is 5. The van der Waals surface area contributed by atoms with Gasteiger partial charge in [-0.3, -0.25) is 4.79 Å². The van der Waals surface area contributed by atoms with E-state index >= 15 is 0 Å². The van der Waals surface area contributed by atoms with Crippen LogP contribution in [-0.4, -0.2) is 30.9 Å². The van der Waals surface area contributed by atoms with Crippen molar-refractivity contribution in [1.82, 2.24) is 10.2 Å². The average Bonchev–Trinajstić information content (AvgIpc) is 2.51. The number of nitrogens with one attached hydrogen (secondary N) is 1. The normalized spacial score (nSPS) is 18.9. The fourth-order valence-corrected chi connectivity index (χ4v) is 3.38. The SMILES string of the molecule is CC(CC(=O)N(C)Cc1cc(Br)ccc1F)C1CCCNC1.Cl. The van der Waals surface area contributed by atoms with Crippen molar-refractivity contribution in [3.8, 4) is 0 Å². The first-order chi connectivity index (χ1) is 10.5. The monoisotopic (exact) mass is 406 g/mol. The van der Waals surface area contributed by atoms with Gasteiger partial charge in [-0.1, -0.05) is 22.9 Å². The molecule has 1 heterocycles. The third kappa shape index (κ3) is 6.05. The molecule has 1 amide bonds. The molecule has 0 spiro atoms. The zero-order valence-corrected chi connectivity index (χ0v) is 16.1. The highest BCUT2D eigenvalue weighted by Crippen LogP contribution is 2.24. The van der Waals surface area contributed by atoms with Gasteiger partial charge in [0.1, 0.15) is 5.82 Å². The lowest BCUT2D eigenvalue weighted by molar-refractivity contribution is -0.131. The molecule has 0 aliphatic carbocycles. The van der Waals surface area contributed by atoms with E-state index in [-0.39, 0.29) is 24.1 Å². The maximum atomic E-state index is 13.8. The second-order valence-corrected chi connectivity index (χ2v) is 7.19. The van der Waals surface area contributed by atoms with E-state index in [1.54, 1.807) is 24.1 Å². The van der Waals surface area contributed by atoms with Gasteiger partial charge in [-0.15, -0.1) is 12.4 Å². The van der Waals surface area contributed by atoms with Gasteiger partial charge in [-0.2, -0.15) is 0 Å². The van der Waals surface area contributed by atoms with E-state index in [1.807, 2.05) is 0 Å². The van der Waals surface area contributed by atoms with E-state index < -0.39 is 0 Å². The van der Waals surface area contributed by atoms with Crippen LogP contribution < -0.4 is 5.32 Å². The Morgan fingerprint density at radius 3 is 2.91 bits per heavy atom. The summed E-state index contributed by atoms with van der Waals surface area (Å²) in [4.78, 5) is 14.0. The van der Waals surface area contributed by atoms with Gasteiger partial charge in [-0.25, -0.2) is 4.39 Å². The third-order valence-electron chi connectivity index (χ3n) is 4.48. The minimum atomic E-state index is -0.271. The minimum Gasteiger partial charge on any atom is -0.341 e. The van der Waals surface area contributed by atoms with Crippen LogP contribution in [-0.2, 0) is 11.3 Å². The van der Waals surface area contributed by atoms with E-state index in [0.29, 0.717) is 30.4 Å². The Morgan fingerprint density at radius 1 is 1.52 bits per heavy atom. The predicted octanol–water partition coefficient (Wildman–Crippen LogP) is 3.99. The predicted molar refractivity (Wildman–Crippen MR) is 97.2 cm³/mol. The molecule has 1 saturated heterocycles. The Kier molecular flexibility index (Phi) is 8.51. The summed E-state index contributed by atoms with van der Waals surface area (Å²) in [5.41, 5.74) is 0.539. The lowest BCUT2D eigenvalue weighted by Crippen LogP contribution is -2.36. The van der Waals surface area contributed by atoms with Crippen molar-refractivity contribution in [1.29, 1.82) is 0 Å². The van der Waals surface area contributed by atoms with Crippen molar-refractivity contribution in [2.75, 3.05) is 20.1 Å². The number of carbonyl (C=O) groups excluding carboxylic acids is 1. The van der Waals surface area contributed by atoms with Crippen molar-refractivity contribution in [3.05, 3.63) is 34.1 Å². The summed E-state index contributed by atoms with van der Waals surface area (Å²) in [6.45, 7) is 4.53. The number of carbonyl (C=O) groups is 1. The van der Waals surface area contributed by atoms with Gasteiger partial charge < -0.3 is 10.2 Å². The van der Waals surface area contributed by atoms with Crippen molar-refractivity contribution < 1.29 is 9.18 Å². The molecule has 0 bridgehead atoms. The molecule has 0 aromatic heterocycles. The lowest BCUT2D eigenvalue weighted by Gasteiger charge is -2.29. The molecule has 23 heavy (non-hydrogen) atoms. The molecule has 130 valence electrons. The number of benzene rings is 1. The summed E-state index contributed by atoms with van der Waals surface area (Å²) in [6, 6.07) is 4.82. The van der Waals surface area contributed by atoms with Crippen molar-refractivity contribution in [2.24, 2.45) is 11.8 Å². The standard InChI is InChI=1S/C17H24BrFN2O.ClH/c1-12(13-4-3-7-20-10-13)8-17(22)21(2)11-14-9-15(18)5-6-16(14)19;/h5-6,9,12-13,20H,3-4,7-8,10-11H2,1-2H3;1H. The summed E-state index contributed by atoms with van der Waals surface area (Å²) in [7, 11) is 1.74. The molecule has 2 rings (SSSR count). The van der Waals surface area contributed by atoms with E-state index in [0.717, 1.165) is 17.6 Å². The van der Waals surface area contributed by atoms with Gasteiger partial charge in [-0.05, 0) is 56.0 Å². The molecular weight excluding hydrogens is 383 g/mol. The van der Waals surface area contributed by atoms with E-state index in [9.17, 15) is 9.18 Å². The van der Waals surface area contributed by atoms with Crippen LogP contribution in [0.3, 0.4) is 0 Å². The zero-order chi connectivity index (χ0) is 16.1. The van der Waals surface area contributed by atoms with E-state index in [4.69, 9.17) is 0 Å². The highest BCUT2D eigenvalue weighted by atomic mass is 79.9. The van der Waals surface area contributed by atoms with Crippen LogP contribution in [0.15, 0.2) is 22.7 Å². The fourth-order valence-electron chi connectivity index (χ4n) is 2.97. The Labute approximate surface area is 152 Å². The highest BCUT2D eigenvalue weighted by Gasteiger charge is 2.23. The van der Waals surface area contributed by atoms with Gasteiger partial charge >= 0.3 is 0 Å². The summed E-state index contributed by atoms with van der Waals surface area (Å²) in [6.07, 6.45) is 2.90. The molecule has 6 heteroatoms. The largest absolute Gasteiger partial charge is 0.341 e. The first-order valence-corrected chi connectivity index (χ1v) is 8.65. The molecular formula is C17H25BrClFN2O. The topological polar surface area (TPSA) is 32.3 Å². The van der Waals surface area contributed by atoms with Crippen LogP contribution in [0.5, 0.6) is 0 Å². The Hall–Kier alpha value is -0.650. The molecule has 1 aliphatic rings.